The van der Waals surface area contributed by atoms with Crippen LogP contribution in [0.4, 0.5) is 10.5 Å². The van der Waals surface area contributed by atoms with E-state index >= 15 is 0 Å². The Bertz CT molecular complexity index is 1060. The summed E-state index contributed by atoms with van der Waals surface area (Å²) in [7, 11) is 0. The maximum Gasteiger partial charge on any atom is 0.417 e. The van der Waals surface area contributed by atoms with E-state index in [1.54, 1.807) is 23.5 Å². The highest BCUT2D eigenvalue weighted by atomic mass is 32.1. The van der Waals surface area contributed by atoms with Gasteiger partial charge in [0.1, 0.15) is 10.8 Å². The molecule has 0 bridgehead atoms. The van der Waals surface area contributed by atoms with Crippen molar-refractivity contribution in [1.82, 2.24) is 4.98 Å². The van der Waals surface area contributed by atoms with Crippen LogP contribution < -0.4 is 10.1 Å². The molecule has 26 heavy (non-hydrogen) atoms. The number of anilines is 1. The van der Waals surface area contributed by atoms with Gasteiger partial charge in [0.05, 0.1) is 10.2 Å². The lowest BCUT2D eigenvalue weighted by molar-refractivity contribution is 0.215. The summed E-state index contributed by atoms with van der Waals surface area (Å²) in [6, 6.07) is 22.8. The summed E-state index contributed by atoms with van der Waals surface area (Å²) < 4.78 is 6.40. The number of aryl methyl sites for hydroxylation is 1. The highest BCUT2D eigenvalue weighted by molar-refractivity contribution is 7.21. The molecule has 128 valence electrons. The van der Waals surface area contributed by atoms with E-state index in [0.29, 0.717) is 11.4 Å². The summed E-state index contributed by atoms with van der Waals surface area (Å²) in [6.45, 7) is 2.08. The summed E-state index contributed by atoms with van der Waals surface area (Å²) in [6.07, 6.45) is -0.514. The first-order chi connectivity index (χ1) is 12.7. The molecule has 1 aromatic heterocycles. The number of amides is 1. The summed E-state index contributed by atoms with van der Waals surface area (Å²) in [5, 5.41) is 3.69. The molecule has 0 aliphatic carbocycles. The van der Waals surface area contributed by atoms with Gasteiger partial charge in [-0.15, -0.1) is 11.3 Å². The van der Waals surface area contributed by atoms with Crippen molar-refractivity contribution in [3.05, 3.63) is 78.4 Å². The first-order valence-electron chi connectivity index (χ1n) is 8.19. The molecule has 0 aliphatic rings. The van der Waals surface area contributed by atoms with Crippen LogP contribution in [0.1, 0.15) is 5.56 Å². The van der Waals surface area contributed by atoms with Gasteiger partial charge in [-0.25, -0.2) is 9.78 Å². The number of nitrogens with zero attached hydrogens (tertiary/aromatic N) is 1. The molecule has 0 radical (unpaired) electrons. The van der Waals surface area contributed by atoms with Crippen molar-refractivity contribution in [2.75, 3.05) is 5.32 Å². The molecule has 4 rings (SSSR count). The Morgan fingerprint density at radius 1 is 1.00 bits per heavy atom. The topological polar surface area (TPSA) is 51.2 Å². The number of aromatic nitrogens is 1. The van der Waals surface area contributed by atoms with Crippen LogP contribution in [0.15, 0.2) is 72.8 Å². The van der Waals surface area contributed by atoms with Crippen LogP contribution in [0.5, 0.6) is 5.75 Å². The molecular weight excluding hydrogens is 344 g/mol. The quantitative estimate of drug-likeness (QED) is 0.496. The summed E-state index contributed by atoms with van der Waals surface area (Å²) in [4.78, 5) is 16.6. The van der Waals surface area contributed by atoms with Gasteiger partial charge in [0.15, 0.2) is 0 Å². The second-order valence-corrected chi connectivity index (χ2v) is 6.93. The summed E-state index contributed by atoms with van der Waals surface area (Å²) in [5.74, 6) is 0.506. The second kappa shape index (κ2) is 6.98. The molecule has 0 atom stereocenters. The third kappa shape index (κ3) is 3.58. The minimum atomic E-state index is -0.514. The number of benzene rings is 3. The van der Waals surface area contributed by atoms with Crippen LogP contribution in [-0.4, -0.2) is 11.1 Å². The number of hydrogen-bond donors (Lipinski definition) is 1. The number of nitrogens with one attached hydrogen (secondary N) is 1. The third-order valence-electron chi connectivity index (χ3n) is 3.88. The largest absolute Gasteiger partial charge is 0.417 e. The molecule has 0 spiro atoms. The molecule has 1 amide bonds. The third-order valence-corrected chi connectivity index (χ3v) is 4.94. The number of hydrogen-bond acceptors (Lipinski definition) is 4. The number of rotatable bonds is 3. The van der Waals surface area contributed by atoms with Gasteiger partial charge in [0.25, 0.3) is 0 Å². The molecule has 0 saturated heterocycles. The van der Waals surface area contributed by atoms with Gasteiger partial charge in [-0.1, -0.05) is 24.3 Å². The van der Waals surface area contributed by atoms with Gasteiger partial charge in [-0.2, -0.15) is 0 Å². The number of carbonyl (C=O) groups is 1. The highest BCUT2D eigenvalue weighted by Crippen LogP contribution is 2.31. The molecule has 5 heteroatoms. The Hall–Kier alpha value is -3.18. The Morgan fingerprint density at radius 3 is 2.54 bits per heavy atom. The Kier molecular flexibility index (Phi) is 4.37. The number of ether oxygens (including phenoxy) is 1. The SMILES string of the molecule is Cc1ccc2nc(-c3ccc(NC(=O)Oc4ccccc4)cc3)sc2c1. The zero-order chi connectivity index (χ0) is 17.9. The first-order valence-corrected chi connectivity index (χ1v) is 9.00. The molecule has 0 fully saturated rings. The van der Waals surface area contributed by atoms with Gasteiger partial charge >= 0.3 is 6.09 Å². The standard InChI is InChI=1S/C21H16N2O2S/c1-14-7-12-18-19(13-14)26-20(23-18)15-8-10-16(11-9-15)22-21(24)25-17-5-3-2-4-6-17/h2-13H,1H3,(H,22,24). The average Bonchev–Trinajstić information content (AvgIpc) is 3.06. The highest BCUT2D eigenvalue weighted by Gasteiger charge is 2.08. The van der Waals surface area contributed by atoms with E-state index in [9.17, 15) is 4.79 Å². The zero-order valence-corrected chi connectivity index (χ0v) is 14.9. The Morgan fingerprint density at radius 2 is 1.77 bits per heavy atom. The lowest BCUT2D eigenvalue weighted by Crippen LogP contribution is -2.16. The predicted octanol–water partition coefficient (Wildman–Crippen LogP) is 5.88. The summed E-state index contributed by atoms with van der Waals surface area (Å²) >= 11 is 1.66. The van der Waals surface area contributed by atoms with Crippen LogP contribution >= 0.6 is 11.3 Å². The van der Waals surface area contributed by atoms with E-state index < -0.39 is 6.09 Å². The van der Waals surface area contributed by atoms with Crippen molar-refractivity contribution in [2.24, 2.45) is 0 Å². The molecule has 0 unspecified atom stereocenters. The van der Waals surface area contributed by atoms with Gasteiger partial charge in [0, 0.05) is 11.3 Å². The zero-order valence-electron chi connectivity index (χ0n) is 14.1. The van der Waals surface area contributed by atoms with Crippen LogP contribution in [0, 0.1) is 6.92 Å². The van der Waals surface area contributed by atoms with Gasteiger partial charge in [0.2, 0.25) is 0 Å². The van der Waals surface area contributed by atoms with Crippen molar-refractivity contribution in [3.8, 4) is 16.3 Å². The van der Waals surface area contributed by atoms with E-state index in [1.165, 1.54) is 10.3 Å². The van der Waals surface area contributed by atoms with Crippen LogP contribution in [0.25, 0.3) is 20.8 Å². The maximum atomic E-state index is 11.9. The molecule has 3 aromatic carbocycles. The maximum absolute atomic E-state index is 11.9. The van der Waals surface area contributed by atoms with Crippen LogP contribution in [0.3, 0.4) is 0 Å². The summed E-state index contributed by atoms with van der Waals surface area (Å²) in [5.41, 5.74) is 3.92. The average molecular weight is 360 g/mol. The van der Waals surface area contributed by atoms with Crippen molar-refractivity contribution in [1.29, 1.82) is 0 Å². The monoisotopic (exact) mass is 360 g/mol. The van der Waals surface area contributed by atoms with Gasteiger partial charge in [-0.05, 0) is 61.0 Å². The molecular formula is C21H16N2O2S. The van der Waals surface area contributed by atoms with E-state index in [4.69, 9.17) is 4.74 Å². The van der Waals surface area contributed by atoms with E-state index in [-0.39, 0.29) is 0 Å². The van der Waals surface area contributed by atoms with Gasteiger partial charge in [-0.3, -0.25) is 5.32 Å². The van der Waals surface area contributed by atoms with E-state index in [0.717, 1.165) is 16.1 Å². The lowest BCUT2D eigenvalue weighted by atomic mass is 10.2. The van der Waals surface area contributed by atoms with Crippen LogP contribution in [-0.2, 0) is 0 Å². The van der Waals surface area contributed by atoms with Crippen molar-refractivity contribution >= 4 is 33.3 Å². The number of para-hydroxylation sites is 1. The van der Waals surface area contributed by atoms with E-state index in [2.05, 4.69) is 29.4 Å². The first kappa shape index (κ1) is 16.3. The fourth-order valence-corrected chi connectivity index (χ4v) is 3.66. The Labute approximate surface area is 155 Å². The second-order valence-electron chi connectivity index (χ2n) is 5.90. The lowest BCUT2D eigenvalue weighted by Gasteiger charge is -2.06. The normalized spacial score (nSPS) is 10.7. The fourth-order valence-electron chi connectivity index (χ4n) is 2.59. The number of thiazole rings is 1. The molecule has 1 N–H and O–H groups in total. The minimum absolute atomic E-state index is 0.506. The Balaban J connectivity index is 1.48. The minimum Gasteiger partial charge on any atom is -0.410 e. The van der Waals surface area contributed by atoms with Crippen molar-refractivity contribution in [3.63, 3.8) is 0 Å². The molecule has 0 saturated carbocycles. The van der Waals surface area contributed by atoms with Crippen LogP contribution in [0.2, 0.25) is 0 Å². The van der Waals surface area contributed by atoms with Crippen molar-refractivity contribution < 1.29 is 9.53 Å². The predicted molar refractivity (Wildman–Crippen MR) is 106 cm³/mol. The molecule has 4 nitrogen and oxygen atoms in total. The molecule has 4 aromatic rings. The number of carbonyl (C=O) groups excluding carboxylic acids is 1. The fraction of sp³-hybridized carbons (Fsp3) is 0.0476. The van der Waals surface area contributed by atoms with Crippen molar-refractivity contribution in [2.45, 2.75) is 6.92 Å². The van der Waals surface area contributed by atoms with E-state index in [1.807, 2.05) is 48.5 Å². The molecule has 1 heterocycles. The van der Waals surface area contributed by atoms with Gasteiger partial charge < -0.3 is 4.74 Å². The molecule has 0 aliphatic heterocycles. The number of fused-ring (bicyclic) bond motifs is 1. The smallest absolute Gasteiger partial charge is 0.410 e.